The van der Waals surface area contributed by atoms with Crippen LogP contribution in [-0.4, -0.2) is 23.8 Å². The van der Waals surface area contributed by atoms with Crippen molar-refractivity contribution in [2.24, 2.45) is 0 Å². The number of aromatic nitrogens is 1. The van der Waals surface area contributed by atoms with E-state index in [4.69, 9.17) is 4.74 Å². The average Bonchev–Trinajstić information content (AvgIpc) is 3.09. The number of ether oxygens (including phenoxy) is 1. The third-order valence-electron chi connectivity index (χ3n) is 6.45. The molecule has 5 rings (SSSR count). The van der Waals surface area contributed by atoms with E-state index >= 15 is 0 Å². The molecule has 0 amide bonds. The van der Waals surface area contributed by atoms with Gasteiger partial charge in [0, 0.05) is 17.7 Å². The van der Waals surface area contributed by atoms with Crippen LogP contribution in [0.25, 0.3) is 10.9 Å². The molecule has 2 aromatic carbocycles. The van der Waals surface area contributed by atoms with Crippen LogP contribution < -0.4 is 0 Å². The van der Waals surface area contributed by atoms with Crippen molar-refractivity contribution in [3.05, 3.63) is 77.5 Å². The Bertz CT molecular complexity index is 1300. The fourth-order valence-electron chi connectivity index (χ4n) is 4.86. The van der Waals surface area contributed by atoms with Crippen molar-refractivity contribution in [1.82, 2.24) is 3.97 Å². The molecule has 1 aliphatic heterocycles. The zero-order valence-electron chi connectivity index (χ0n) is 17.0. The number of rotatable bonds is 3. The lowest BCUT2D eigenvalue weighted by atomic mass is 9.71. The highest BCUT2D eigenvalue weighted by molar-refractivity contribution is 7.90. The number of allylic oxidation sites excluding steroid dienone is 1. The van der Waals surface area contributed by atoms with Crippen LogP contribution in [0.5, 0.6) is 0 Å². The zero-order valence-corrected chi connectivity index (χ0v) is 17.8. The van der Waals surface area contributed by atoms with Crippen molar-refractivity contribution in [3.8, 4) is 0 Å². The molecule has 0 N–H and O–H groups in total. The second-order valence-corrected chi connectivity index (χ2v) is 9.90. The summed E-state index contributed by atoms with van der Waals surface area (Å²) in [5.41, 5.74) is 2.59. The summed E-state index contributed by atoms with van der Waals surface area (Å²) in [5.74, 6) is -0.165. The Kier molecular flexibility index (Phi) is 4.27. The molecule has 1 aromatic heterocycles. The van der Waals surface area contributed by atoms with Crippen LogP contribution in [-0.2, 0) is 26.2 Å². The predicted octanol–water partition coefficient (Wildman–Crippen LogP) is 4.48. The van der Waals surface area contributed by atoms with E-state index < -0.39 is 15.6 Å². The Morgan fingerprint density at radius 3 is 2.60 bits per heavy atom. The van der Waals surface area contributed by atoms with Gasteiger partial charge in [-0.05, 0) is 49.3 Å². The molecular formula is C24H23NO4S. The maximum absolute atomic E-state index is 13.7. The SMILES string of the molecule is CC[C@@]12C=CC(=O)C[C@@H]1c1c(n(S(=O)(=O)c3ccc(C)cc3)c3ccccc13)CO2. The molecule has 0 fully saturated rings. The largest absolute Gasteiger partial charge is 0.364 e. The van der Waals surface area contributed by atoms with Crippen LogP contribution in [0, 0.1) is 6.92 Å². The third-order valence-corrected chi connectivity index (χ3v) is 8.22. The molecule has 0 saturated heterocycles. The summed E-state index contributed by atoms with van der Waals surface area (Å²) in [4.78, 5) is 12.6. The van der Waals surface area contributed by atoms with Gasteiger partial charge in [-0.25, -0.2) is 12.4 Å². The molecule has 3 aromatic rings. The Balaban J connectivity index is 1.81. The Hall–Kier alpha value is -2.70. The summed E-state index contributed by atoms with van der Waals surface area (Å²) in [6.07, 6.45) is 4.50. The van der Waals surface area contributed by atoms with Gasteiger partial charge >= 0.3 is 0 Å². The van der Waals surface area contributed by atoms with Crippen LogP contribution in [0.3, 0.4) is 0 Å². The lowest BCUT2D eigenvalue weighted by molar-refractivity contribution is -0.120. The quantitative estimate of drug-likeness (QED) is 0.626. The van der Waals surface area contributed by atoms with Gasteiger partial charge < -0.3 is 4.74 Å². The standard InChI is InChI=1S/C24H23NO4S/c1-3-24-13-12-17(26)14-20(24)23-19-6-4-5-7-21(19)25(22(23)15-29-24)30(27,28)18-10-8-16(2)9-11-18/h4-13,20H,3,14-15H2,1-2H3/t20-,24-/m1/s1. The van der Waals surface area contributed by atoms with Gasteiger partial charge in [0.15, 0.2) is 5.78 Å². The number of benzene rings is 2. The van der Waals surface area contributed by atoms with Gasteiger partial charge in [0.25, 0.3) is 10.0 Å². The van der Waals surface area contributed by atoms with Gasteiger partial charge in [-0.15, -0.1) is 0 Å². The van der Waals surface area contributed by atoms with E-state index in [0.29, 0.717) is 24.1 Å². The number of hydrogen-bond acceptors (Lipinski definition) is 4. The topological polar surface area (TPSA) is 65.4 Å². The number of nitrogens with zero attached hydrogens (tertiary/aromatic N) is 1. The van der Waals surface area contributed by atoms with Gasteiger partial charge in [-0.3, -0.25) is 4.79 Å². The smallest absolute Gasteiger partial charge is 0.268 e. The fraction of sp³-hybridized carbons (Fsp3) is 0.292. The lowest BCUT2D eigenvalue weighted by Crippen LogP contribution is -2.44. The van der Waals surface area contributed by atoms with Crippen molar-refractivity contribution in [2.45, 2.75) is 49.7 Å². The highest BCUT2D eigenvalue weighted by Crippen LogP contribution is 2.50. The second kappa shape index (κ2) is 6.65. The third kappa shape index (κ3) is 2.63. The van der Waals surface area contributed by atoms with Crippen LogP contribution in [0.1, 0.15) is 42.5 Å². The highest BCUT2D eigenvalue weighted by Gasteiger charge is 2.47. The molecule has 0 spiro atoms. The predicted molar refractivity (Wildman–Crippen MR) is 115 cm³/mol. The number of carbonyl (C=O) groups excluding carboxylic acids is 1. The summed E-state index contributed by atoms with van der Waals surface area (Å²) in [6, 6.07) is 14.4. The van der Waals surface area contributed by atoms with Crippen molar-refractivity contribution in [2.75, 3.05) is 0 Å². The number of aryl methyl sites for hydroxylation is 1. The molecule has 1 aliphatic carbocycles. The maximum Gasteiger partial charge on any atom is 0.268 e. The number of carbonyl (C=O) groups is 1. The molecule has 30 heavy (non-hydrogen) atoms. The van der Waals surface area contributed by atoms with E-state index in [1.54, 1.807) is 30.3 Å². The van der Waals surface area contributed by atoms with E-state index in [1.807, 2.05) is 44.2 Å². The molecule has 0 saturated carbocycles. The molecule has 0 unspecified atom stereocenters. The molecule has 154 valence electrons. The molecule has 2 aliphatic rings. The molecule has 0 radical (unpaired) electrons. The van der Waals surface area contributed by atoms with Crippen LogP contribution in [0.15, 0.2) is 65.6 Å². The summed E-state index contributed by atoms with van der Waals surface area (Å²) in [5, 5.41) is 0.873. The summed E-state index contributed by atoms with van der Waals surface area (Å²) in [6.45, 7) is 4.15. The molecule has 0 bridgehead atoms. The van der Waals surface area contributed by atoms with Gasteiger partial charge in [-0.1, -0.05) is 42.8 Å². The average molecular weight is 422 g/mol. The lowest BCUT2D eigenvalue weighted by Gasteiger charge is -2.43. The fourth-order valence-corrected chi connectivity index (χ4v) is 6.41. The minimum absolute atomic E-state index is 0.0405. The minimum Gasteiger partial charge on any atom is -0.364 e. The van der Waals surface area contributed by atoms with E-state index in [2.05, 4.69) is 0 Å². The summed E-state index contributed by atoms with van der Waals surface area (Å²) in [7, 11) is -3.82. The molecular weight excluding hydrogens is 398 g/mol. The van der Waals surface area contributed by atoms with Crippen LogP contribution >= 0.6 is 0 Å². The Morgan fingerprint density at radius 1 is 1.13 bits per heavy atom. The number of ketones is 1. The number of hydrogen-bond donors (Lipinski definition) is 0. The normalized spacial score (nSPS) is 23.4. The highest BCUT2D eigenvalue weighted by atomic mass is 32.2. The van der Waals surface area contributed by atoms with Crippen molar-refractivity contribution < 1.29 is 17.9 Å². The number of para-hydroxylation sites is 1. The van der Waals surface area contributed by atoms with Gasteiger partial charge in [0.05, 0.1) is 28.3 Å². The minimum atomic E-state index is -3.82. The summed E-state index contributed by atoms with van der Waals surface area (Å²) >= 11 is 0. The first-order valence-corrected chi connectivity index (χ1v) is 11.6. The van der Waals surface area contributed by atoms with Crippen LogP contribution in [0.4, 0.5) is 0 Å². The van der Waals surface area contributed by atoms with E-state index in [1.165, 1.54) is 3.97 Å². The van der Waals surface area contributed by atoms with Gasteiger partial charge in [-0.2, -0.15) is 0 Å². The Morgan fingerprint density at radius 2 is 1.87 bits per heavy atom. The van der Waals surface area contributed by atoms with E-state index in [-0.39, 0.29) is 23.2 Å². The van der Waals surface area contributed by atoms with Gasteiger partial charge in [0.1, 0.15) is 0 Å². The molecule has 5 nitrogen and oxygen atoms in total. The first kappa shape index (κ1) is 19.3. The number of fused-ring (bicyclic) bond motifs is 5. The first-order chi connectivity index (χ1) is 14.4. The second-order valence-electron chi connectivity index (χ2n) is 8.11. The Labute approximate surface area is 176 Å². The maximum atomic E-state index is 13.7. The van der Waals surface area contributed by atoms with Gasteiger partial charge in [0.2, 0.25) is 0 Å². The zero-order chi connectivity index (χ0) is 21.1. The van der Waals surface area contributed by atoms with E-state index in [0.717, 1.165) is 16.5 Å². The van der Waals surface area contributed by atoms with Crippen LogP contribution in [0.2, 0.25) is 0 Å². The molecule has 6 heteroatoms. The van der Waals surface area contributed by atoms with E-state index in [9.17, 15) is 13.2 Å². The first-order valence-electron chi connectivity index (χ1n) is 10.2. The molecule has 2 heterocycles. The van der Waals surface area contributed by atoms with Crippen molar-refractivity contribution >= 4 is 26.7 Å². The van der Waals surface area contributed by atoms with Crippen molar-refractivity contribution in [1.29, 1.82) is 0 Å². The van der Waals surface area contributed by atoms with Crippen molar-refractivity contribution in [3.63, 3.8) is 0 Å². The molecule has 2 atom stereocenters. The monoisotopic (exact) mass is 421 g/mol. The summed E-state index contributed by atoms with van der Waals surface area (Å²) < 4.78 is 35.1.